The van der Waals surface area contributed by atoms with E-state index in [1.807, 2.05) is 0 Å². The van der Waals surface area contributed by atoms with E-state index in [4.69, 9.17) is 4.74 Å². The molecule has 2 aromatic carbocycles. The van der Waals surface area contributed by atoms with Crippen molar-refractivity contribution in [3.63, 3.8) is 0 Å². The summed E-state index contributed by atoms with van der Waals surface area (Å²) in [5.74, 6) is -2.84. The van der Waals surface area contributed by atoms with Crippen molar-refractivity contribution >= 4 is 29.2 Å². The van der Waals surface area contributed by atoms with Gasteiger partial charge in [0.25, 0.3) is 0 Å². The molecular formula is C23H24FN3O5. The maximum absolute atomic E-state index is 14.1. The van der Waals surface area contributed by atoms with Crippen molar-refractivity contribution in [3.8, 4) is 0 Å². The first-order chi connectivity index (χ1) is 15.3. The number of ether oxygens (including phenoxy) is 1. The number of esters is 1. The van der Waals surface area contributed by atoms with Gasteiger partial charge >= 0.3 is 5.97 Å². The molecule has 1 saturated heterocycles. The second kappa shape index (κ2) is 8.33. The SMILES string of the molecule is CCOC(=O)c1ccc(NC(=O)[C@@H]2C[C@H]([C@H](C)O)N[C@]23C(=O)Nc2ccc(F)cc23)cc1. The second-order valence-electron chi connectivity index (χ2n) is 8.02. The van der Waals surface area contributed by atoms with Crippen LogP contribution in [0, 0.1) is 11.7 Å². The molecule has 32 heavy (non-hydrogen) atoms. The van der Waals surface area contributed by atoms with Crippen molar-refractivity contribution in [2.75, 3.05) is 17.2 Å². The average molecular weight is 441 g/mol. The molecule has 2 aliphatic rings. The fourth-order valence-electron chi connectivity index (χ4n) is 4.42. The lowest BCUT2D eigenvalue weighted by Crippen LogP contribution is -2.53. The zero-order valence-corrected chi connectivity index (χ0v) is 17.6. The first-order valence-corrected chi connectivity index (χ1v) is 10.4. The fraction of sp³-hybridized carbons (Fsp3) is 0.348. The highest BCUT2D eigenvalue weighted by atomic mass is 19.1. The minimum Gasteiger partial charge on any atom is -0.462 e. The van der Waals surface area contributed by atoms with Crippen LogP contribution in [0.15, 0.2) is 42.5 Å². The number of hydrogen-bond donors (Lipinski definition) is 4. The third kappa shape index (κ3) is 3.63. The first-order valence-electron chi connectivity index (χ1n) is 10.4. The Balaban J connectivity index is 1.64. The van der Waals surface area contributed by atoms with Crippen molar-refractivity contribution in [1.82, 2.24) is 5.32 Å². The Kier molecular flexibility index (Phi) is 5.70. The summed E-state index contributed by atoms with van der Waals surface area (Å²) in [6.07, 6.45) is -0.660. The highest BCUT2D eigenvalue weighted by molar-refractivity contribution is 6.10. The van der Waals surface area contributed by atoms with Crippen molar-refractivity contribution in [2.45, 2.75) is 38.0 Å². The van der Waals surface area contributed by atoms with E-state index in [0.717, 1.165) is 0 Å². The number of aliphatic hydroxyl groups excluding tert-OH is 1. The standard InChI is InChI=1S/C23H24FN3O5/c1-3-32-21(30)13-4-7-15(8-5-13)25-20(29)17-11-19(12(2)28)27-23(17)16-10-14(24)6-9-18(16)26-22(23)31/h4-10,12,17,19,27-28H,3,11H2,1-2H3,(H,25,29)(H,26,31)/t12-,17-,19+,23-/m0/s1. The number of benzene rings is 2. The molecule has 8 nitrogen and oxygen atoms in total. The molecule has 0 saturated carbocycles. The molecule has 0 radical (unpaired) electrons. The number of halogens is 1. The molecule has 2 aromatic rings. The lowest BCUT2D eigenvalue weighted by Gasteiger charge is -2.29. The van der Waals surface area contributed by atoms with Gasteiger partial charge in [-0.15, -0.1) is 0 Å². The molecule has 1 spiro atoms. The van der Waals surface area contributed by atoms with E-state index in [0.29, 0.717) is 22.5 Å². The van der Waals surface area contributed by atoms with Gasteiger partial charge in [-0.3, -0.25) is 14.9 Å². The van der Waals surface area contributed by atoms with Crippen molar-refractivity contribution < 1.29 is 28.6 Å². The molecule has 4 rings (SSSR count). The van der Waals surface area contributed by atoms with E-state index in [-0.39, 0.29) is 13.0 Å². The summed E-state index contributed by atoms with van der Waals surface area (Å²) in [6, 6.07) is 9.57. The van der Waals surface area contributed by atoms with Crippen LogP contribution in [0.2, 0.25) is 0 Å². The van der Waals surface area contributed by atoms with Crippen molar-refractivity contribution in [1.29, 1.82) is 0 Å². The van der Waals surface area contributed by atoms with E-state index in [9.17, 15) is 23.9 Å². The molecule has 9 heteroatoms. The normalized spacial score (nSPS) is 24.7. The number of fused-ring (bicyclic) bond motifs is 2. The molecule has 2 amide bonds. The van der Waals surface area contributed by atoms with E-state index < -0.39 is 47.2 Å². The monoisotopic (exact) mass is 441 g/mol. The summed E-state index contributed by atoms with van der Waals surface area (Å²) in [6.45, 7) is 3.53. The number of nitrogens with one attached hydrogen (secondary N) is 3. The predicted molar refractivity (Wildman–Crippen MR) is 114 cm³/mol. The van der Waals surface area contributed by atoms with Gasteiger partial charge in [-0.1, -0.05) is 0 Å². The number of amides is 2. The van der Waals surface area contributed by atoms with Gasteiger partial charge in [-0.2, -0.15) is 0 Å². The fourth-order valence-corrected chi connectivity index (χ4v) is 4.42. The van der Waals surface area contributed by atoms with E-state index in [1.165, 1.54) is 30.3 Å². The quantitative estimate of drug-likeness (QED) is 0.529. The average Bonchev–Trinajstić information content (AvgIpc) is 3.29. The molecule has 0 aromatic heterocycles. The van der Waals surface area contributed by atoms with Crippen molar-refractivity contribution in [3.05, 3.63) is 59.4 Å². The lowest BCUT2D eigenvalue weighted by molar-refractivity contribution is -0.130. The van der Waals surface area contributed by atoms with Crippen LogP contribution in [-0.2, 0) is 19.9 Å². The van der Waals surface area contributed by atoms with Crippen LogP contribution in [-0.4, -0.2) is 41.6 Å². The number of rotatable bonds is 5. The molecule has 0 bridgehead atoms. The lowest BCUT2D eigenvalue weighted by atomic mass is 9.79. The predicted octanol–water partition coefficient (Wildman–Crippen LogP) is 2.15. The van der Waals surface area contributed by atoms with Gasteiger partial charge < -0.3 is 20.5 Å². The number of aliphatic hydroxyl groups is 1. The number of anilines is 2. The van der Waals surface area contributed by atoms with E-state index >= 15 is 0 Å². The number of hydrogen-bond acceptors (Lipinski definition) is 6. The van der Waals surface area contributed by atoms with Crippen LogP contribution in [0.5, 0.6) is 0 Å². The number of carbonyl (C=O) groups excluding carboxylic acids is 3. The topological polar surface area (TPSA) is 117 Å². The van der Waals surface area contributed by atoms with Gasteiger partial charge in [0.2, 0.25) is 11.8 Å². The Morgan fingerprint density at radius 1 is 1.28 bits per heavy atom. The molecule has 168 valence electrons. The Labute approximate surface area is 184 Å². The largest absolute Gasteiger partial charge is 0.462 e. The molecule has 0 aliphatic carbocycles. The Morgan fingerprint density at radius 2 is 2.00 bits per heavy atom. The Morgan fingerprint density at radius 3 is 2.66 bits per heavy atom. The summed E-state index contributed by atoms with van der Waals surface area (Å²) in [7, 11) is 0. The summed E-state index contributed by atoms with van der Waals surface area (Å²) in [5, 5.41) is 18.7. The summed E-state index contributed by atoms with van der Waals surface area (Å²) < 4.78 is 19.0. The van der Waals surface area contributed by atoms with Gasteiger partial charge in [0.1, 0.15) is 11.4 Å². The molecule has 4 N–H and O–H groups in total. The summed E-state index contributed by atoms with van der Waals surface area (Å²) in [4.78, 5) is 38.2. The van der Waals surface area contributed by atoms with Gasteiger partial charge in [0.15, 0.2) is 0 Å². The second-order valence-corrected chi connectivity index (χ2v) is 8.02. The molecule has 1 fully saturated rings. The van der Waals surface area contributed by atoms with E-state index in [1.54, 1.807) is 26.0 Å². The molecule has 0 unspecified atom stereocenters. The molecule has 4 atom stereocenters. The van der Waals surface area contributed by atoms with Gasteiger partial charge in [0, 0.05) is 23.0 Å². The summed E-state index contributed by atoms with van der Waals surface area (Å²) >= 11 is 0. The third-order valence-corrected chi connectivity index (χ3v) is 6.00. The zero-order valence-electron chi connectivity index (χ0n) is 17.6. The molecular weight excluding hydrogens is 417 g/mol. The Bertz CT molecular complexity index is 1070. The Hall–Kier alpha value is -3.30. The third-order valence-electron chi connectivity index (χ3n) is 6.00. The van der Waals surface area contributed by atoms with Gasteiger partial charge in [0.05, 0.1) is 24.2 Å². The highest BCUT2D eigenvalue weighted by Crippen LogP contribution is 2.47. The van der Waals surface area contributed by atoms with Crippen LogP contribution >= 0.6 is 0 Å². The number of carbonyl (C=O) groups is 3. The zero-order chi connectivity index (χ0) is 23.0. The first kappa shape index (κ1) is 21.9. The van der Waals surface area contributed by atoms with Crippen LogP contribution in [0.4, 0.5) is 15.8 Å². The van der Waals surface area contributed by atoms with Crippen LogP contribution in [0.1, 0.15) is 36.2 Å². The maximum atomic E-state index is 14.1. The molecule has 2 aliphatic heterocycles. The summed E-state index contributed by atoms with van der Waals surface area (Å²) in [5.41, 5.74) is 0.0259. The highest BCUT2D eigenvalue weighted by Gasteiger charge is 2.60. The smallest absolute Gasteiger partial charge is 0.338 e. The van der Waals surface area contributed by atoms with Crippen molar-refractivity contribution in [2.24, 2.45) is 5.92 Å². The van der Waals surface area contributed by atoms with E-state index in [2.05, 4.69) is 16.0 Å². The maximum Gasteiger partial charge on any atom is 0.338 e. The van der Waals surface area contributed by atoms with Gasteiger partial charge in [-0.05, 0) is 62.7 Å². The molecule has 2 heterocycles. The minimum absolute atomic E-state index is 0.174. The van der Waals surface area contributed by atoms with Crippen LogP contribution < -0.4 is 16.0 Å². The van der Waals surface area contributed by atoms with Gasteiger partial charge in [-0.25, -0.2) is 9.18 Å². The van der Waals surface area contributed by atoms with Crippen LogP contribution in [0.25, 0.3) is 0 Å². The minimum atomic E-state index is -1.51. The van der Waals surface area contributed by atoms with Crippen LogP contribution in [0.3, 0.4) is 0 Å².